The Hall–Kier alpha value is -1.69. The van der Waals surface area contributed by atoms with Gasteiger partial charge in [0.2, 0.25) is 5.91 Å². The molecular formula is C19H28N4OS. The van der Waals surface area contributed by atoms with Gasteiger partial charge in [-0.1, -0.05) is 20.8 Å². The van der Waals surface area contributed by atoms with E-state index in [0.29, 0.717) is 5.91 Å². The highest BCUT2D eigenvalue weighted by Crippen LogP contribution is 2.32. The average molecular weight is 361 g/mol. The molecule has 1 aliphatic heterocycles. The molecule has 0 unspecified atom stereocenters. The first-order valence-electron chi connectivity index (χ1n) is 9.38. The maximum absolute atomic E-state index is 12.6. The first kappa shape index (κ1) is 18.1. The second-order valence-electron chi connectivity index (χ2n) is 6.71. The van der Waals surface area contributed by atoms with Gasteiger partial charge in [0.1, 0.15) is 16.5 Å². The van der Waals surface area contributed by atoms with Crippen molar-refractivity contribution in [1.29, 1.82) is 0 Å². The summed E-state index contributed by atoms with van der Waals surface area (Å²) < 4.78 is 0. The van der Waals surface area contributed by atoms with Gasteiger partial charge in [0.15, 0.2) is 0 Å². The molecule has 136 valence electrons. The van der Waals surface area contributed by atoms with Crippen molar-refractivity contribution < 1.29 is 4.79 Å². The Morgan fingerprint density at radius 1 is 1.16 bits per heavy atom. The molecule has 0 bridgehead atoms. The molecule has 0 saturated carbocycles. The molecule has 1 aliphatic rings. The molecule has 0 aliphatic carbocycles. The van der Waals surface area contributed by atoms with Gasteiger partial charge in [0, 0.05) is 37.0 Å². The van der Waals surface area contributed by atoms with Crippen LogP contribution >= 0.6 is 11.3 Å². The van der Waals surface area contributed by atoms with Crippen molar-refractivity contribution in [1.82, 2.24) is 14.9 Å². The highest BCUT2D eigenvalue weighted by Gasteiger charge is 2.27. The Labute approximate surface area is 154 Å². The Balaban J connectivity index is 1.78. The number of carbonyl (C=O) groups excluding carboxylic acids is 1. The van der Waals surface area contributed by atoms with Gasteiger partial charge in [-0.05, 0) is 32.3 Å². The van der Waals surface area contributed by atoms with Gasteiger partial charge < -0.3 is 9.80 Å². The molecular weight excluding hydrogens is 332 g/mol. The van der Waals surface area contributed by atoms with E-state index in [1.807, 2.05) is 11.8 Å². The average Bonchev–Trinajstić information content (AvgIpc) is 3.05. The fourth-order valence-electron chi connectivity index (χ4n) is 3.51. The van der Waals surface area contributed by atoms with Crippen LogP contribution in [0.2, 0.25) is 0 Å². The molecule has 1 amide bonds. The number of anilines is 1. The second kappa shape index (κ2) is 7.68. The van der Waals surface area contributed by atoms with Crippen molar-refractivity contribution in [2.75, 3.05) is 31.1 Å². The smallest absolute Gasteiger partial charge is 0.225 e. The first-order chi connectivity index (χ1) is 12.1. The van der Waals surface area contributed by atoms with Gasteiger partial charge in [0.25, 0.3) is 0 Å². The van der Waals surface area contributed by atoms with E-state index in [-0.39, 0.29) is 5.92 Å². The van der Waals surface area contributed by atoms with E-state index < -0.39 is 0 Å². The lowest BCUT2D eigenvalue weighted by molar-refractivity contribution is -0.136. The van der Waals surface area contributed by atoms with E-state index in [2.05, 4.69) is 36.7 Å². The van der Waals surface area contributed by atoms with Crippen LogP contribution in [0.25, 0.3) is 10.2 Å². The molecule has 6 heteroatoms. The summed E-state index contributed by atoms with van der Waals surface area (Å²) in [6, 6.07) is 2.23. The van der Waals surface area contributed by atoms with Gasteiger partial charge in [-0.3, -0.25) is 4.79 Å². The van der Waals surface area contributed by atoms with Gasteiger partial charge in [-0.2, -0.15) is 0 Å². The minimum atomic E-state index is 0.170. The number of nitrogens with zero attached hydrogens (tertiary/aromatic N) is 4. The number of rotatable bonds is 5. The van der Waals surface area contributed by atoms with E-state index >= 15 is 0 Å². The maximum Gasteiger partial charge on any atom is 0.225 e. The standard InChI is InChI=1S/C19H28N4OS/c1-5-14(6-2)19(24)23-10-8-22(9-11-23)17-16-12-15(7-3)25-18(16)21-13(4)20-17/h12,14H,5-11H2,1-4H3. The second-order valence-corrected chi connectivity index (χ2v) is 7.82. The normalized spacial score (nSPS) is 15.4. The molecule has 2 aromatic heterocycles. The number of carbonyl (C=O) groups is 1. The molecule has 3 heterocycles. The number of fused-ring (bicyclic) bond motifs is 1. The zero-order valence-corrected chi connectivity index (χ0v) is 16.5. The molecule has 2 aromatic rings. The summed E-state index contributed by atoms with van der Waals surface area (Å²) in [6.45, 7) is 11.6. The summed E-state index contributed by atoms with van der Waals surface area (Å²) in [4.78, 5) is 28.7. The monoisotopic (exact) mass is 360 g/mol. The van der Waals surface area contributed by atoms with Gasteiger partial charge in [-0.15, -0.1) is 11.3 Å². The Morgan fingerprint density at radius 2 is 1.84 bits per heavy atom. The third-order valence-corrected chi connectivity index (χ3v) is 6.28. The van der Waals surface area contributed by atoms with Gasteiger partial charge >= 0.3 is 0 Å². The molecule has 1 fully saturated rings. The summed E-state index contributed by atoms with van der Waals surface area (Å²) in [5.41, 5.74) is 0. The maximum atomic E-state index is 12.6. The van der Waals surface area contributed by atoms with Crippen molar-refractivity contribution in [3.05, 3.63) is 16.8 Å². The summed E-state index contributed by atoms with van der Waals surface area (Å²) in [6.07, 6.45) is 2.88. The number of aromatic nitrogens is 2. The summed E-state index contributed by atoms with van der Waals surface area (Å²) in [7, 11) is 0. The fraction of sp³-hybridized carbons (Fsp3) is 0.632. The number of hydrogen-bond donors (Lipinski definition) is 0. The third kappa shape index (κ3) is 3.64. The van der Waals surface area contributed by atoms with Gasteiger partial charge in [-0.25, -0.2) is 9.97 Å². The van der Waals surface area contributed by atoms with Crippen molar-refractivity contribution in [2.24, 2.45) is 5.92 Å². The predicted octanol–water partition coefficient (Wildman–Crippen LogP) is 3.65. The minimum absolute atomic E-state index is 0.170. The lowest BCUT2D eigenvalue weighted by Crippen LogP contribution is -2.50. The van der Waals surface area contributed by atoms with Crippen molar-refractivity contribution in [3.63, 3.8) is 0 Å². The zero-order valence-electron chi connectivity index (χ0n) is 15.7. The van der Waals surface area contributed by atoms with Crippen LogP contribution in [0, 0.1) is 12.8 Å². The number of aryl methyl sites for hydroxylation is 2. The quantitative estimate of drug-likeness (QED) is 0.817. The number of piperazine rings is 1. The Kier molecular flexibility index (Phi) is 5.57. The summed E-state index contributed by atoms with van der Waals surface area (Å²) >= 11 is 1.76. The van der Waals surface area contributed by atoms with E-state index in [1.165, 1.54) is 4.88 Å². The highest BCUT2D eigenvalue weighted by atomic mass is 32.1. The molecule has 5 nitrogen and oxygen atoms in total. The third-order valence-electron chi connectivity index (χ3n) is 5.11. The number of hydrogen-bond acceptors (Lipinski definition) is 5. The van der Waals surface area contributed by atoms with Crippen LogP contribution < -0.4 is 4.90 Å². The molecule has 25 heavy (non-hydrogen) atoms. The first-order valence-corrected chi connectivity index (χ1v) is 10.2. The molecule has 0 radical (unpaired) electrons. The SMILES string of the molecule is CCc1cc2c(N3CCN(C(=O)C(CC)CC)CC3)nc(C)nc2s1. The minimum Gasteiger partial charge on any atom is -0.352 e. The molecule has 3 rings (SSSR count). The molecule has 0 spiro atoms. The number of amides is 1. The number of thiophene rings is 1. The molecule has 0 aromatic carbocycles. The van der Waals surface area contributed by atoms with Crippen molar-refractivity contribution >= 4 is 33.3 Å². The molecule has 0 N–H and O–H groups in total. The van der Waals surface area contributed by atoms with Crippen LogP contribution in [0.1, 0.15) is 44.3 Å². The zero-order chi connectivity index (χ0) is 18.0. The van der Waals surface area contributed by atoms with Crippen LogP contribution in [0.15, 0.2) is 6.07 Å². The molecule has 0 atom stereocenters. The van der Waals surface area contributed by atoms with E-state index in [0.717, 1.165) is 67.3 Å². The van der Waals surface area contributed by atoms with Gasteiger partial charge in [0.05, 0.1) is 5.39 Å². The topological polar surface area (TPSA) is 49.3 Å². The highest BCUT2D eigenvalue weighted by molar-refractivity contribution is 7.18. The van der Waals surface area contributed by atoms with E-state index in [9.17, 15) is 4.79 Å². The van der Waals surface area contributed by atoms with Crippen LogP contribution in [0.4, 0.5) is 5.82 Å². The predicted molar refractivity (Wildman–Crippen MR) is 104 cm³/mol. The summed E-state index contributed by atoms with van der Waals surface area (Å²) in [5.74, 6) is 2.34. The Bertz CT molecular complexity index is 745. The van der Waals surface area contributed by atoms with Crippen LogP contribution in [-0.4, -0.2) is 47.0 Å². The van der Waals surface area contributed by atoms with Crippen LogP contribution in [-0.2, 0) is 11.2 Å². The van der Waals surface area contributed by atoms with Crippen molar-refractivity contribution in [2.45, 2.75) is 47.0 Å². The Morgan fingerprint density at radius 3 is 2.44 bits per heavy atom. The largest absolute Gasteiger partial charge is 0.352 e. The van der Waals surface area contributed by atoms with Crippen molar-refractivity contribution in [3.8, 4) is 0 Å². The lowest BCUT2D eigenvalue weighted by Gasteiger charge is -2.37. The van der Waals surface area contributed by atoms with E-state index in [4.69, 9.17) is 4.98 Å². The molecule has 1 saturated heterocycles. The van der Waals surface area contributed by atoms with E-state index in [1.54, 1.807) is 11.3 Å². The summed E-state index contributed by atoms with van der Waals surface area (Å²) in [5, 5.41) is 1.16. The lowest BCUT2D eigenvalue weighted by atomic mass is 10.0. The van der Waals surface area contributed by atoms with Crippen LogP contribution in [0.3, 0.4) is 0 Å². The fourth-order valence-corrected chi connectivity index (χ4v) is 4.52. The van der Waals surface area contributed by atoms with Crippen LogP contribution in [0.5, 0.6) is 0 Å².